The van der Waals surface area contributed by atoms with Gasteiger partial charge in [-0.3, -0.25) is 4.98 Å². The van der Waals surface area contributed by atoms with Crippen molar-refractivity contribution in [2.24, 2.45) is 5.92 Å². The van der Waals surface area contributed by atoms with Gasteiger partial charge in [0.25, 0.3) is 0 Å². The van der Waals surface area contributed by atoms with Crippen LogP contribution in [0.3, 0.4) is 0 Å². The average molecular weight is 162 g/mol. The summed E-state index contributed by atoms with van der Waals surface area (Å²) in [4.78, 5) is 4.11. The number of nitrogens with two attached hydrogens (primary N) is 1. The molecular weight excluding hydrogens is 148 g/mol. The van der Waals surface area contributed by atoms with Crippen LogP contribution in [0.25, 0.3) is 0 Å². The van der Waals surface area contributed by atoms with Gasteiger partial charge in [0.2, 0.25) is 0 Å². The van der Waals surface area contributed by atoms with Crippen LogP contribution in [0.1, 0.15) is 24.5 Å². The Morgan fingerprint density at radius 1 is 1.50 bits per heavy atom. The minimum Gasteiger partial charge on any atom is -0.397 e. The van der Waals surface area contributed by atoms with Gasteiger partial charge in [-0.1, -0.05) is 6.92 Å². The van der Waals surface area contributed by atoms with E-state index in [0.29, 0.717) is 0 Å². The largest absolute Gasteiger partial charge is 0.397 e. The predicted molar refractivity (Wildman–Crippen MR) is 49.8 cm³/mol. The van der Waals surface area contributed by atoms with Gasteiger partial charge >= 0.3 is 0 Å². The van der Waals surface area contributed by atoms with Crippen molar-refractivity contribution in [1.82, 2.24) is 4.98 Å². The van der Waals surface area contributed by atoms with Crippen LogP contribution in [0.2, 0.25) is 0 Å². The fourth-order valence-electron chi connectivity index (χ4n) is 1.90. The summed E-state index contributed by atoms with van der Waals surface area (Å²) in [6.45, 7) is 2.28. The molecule has 0 aromatic carbocycles. The number of fused-ring (bicyclic) bond motifs is 1. The molecule has 1 aliphatic rings. The summed E-state index contributed by atoms with van der Waals surface area (Å²) >= 11 is 0. The zero-order valence-corrected chi connectivity index (χ0v) is 7.38. The van der Waals surface area contributed by atoms with Gasteiger partial charge in [0.1, 0.15) is 0 Å². The van der Waals surface area contributed by atoms with E-state index in [0.717, 1.165) is 24.4 Å². The molecule has 2 heteroatoms. The normalized spacial score (nSPS) is 21.9. The Hall–Kier alpha value is -1.05. The molecule has 1 unspecified atom stereocenters. The third kappa shape index (κ3) is 1.17. The molecule has 0 amide bonds. The summed E-state index contributed by atoms with van der Waals surface area (Å²) in [5.41, 5.74) is 9.39. The number of anilines is 1. The fourth-order valence-corrected chi connectivity index (χ4v) is 1.90. The zero-order chi connectivity index (χ0) is 8.55. The Morgan fingerprint density at radius 3 is 3.17 bits per heavy atom. The second-order valence-corrected chi connectivity index (χ2v) is 3.71. The molecule has 0 radical (unpaired) electrons. The summed E-state index contributed by atoms with van der Waals surface area (Å²) < 4.78 is 0. The molecule has 2 rings (SSSR count). The maximum absolute atomic E-state index is 5.82. The third-order valence-corrected chi connectivity index (χ3v) is 2.64. The molecule has 0 aliphatic heterocycles. The van der Waals surface area contributed by atoms with Crippen molar-refractivity contribution in [1.29, 1.82) is 0 Å². The molecule has 0 saturated carbocycles. The lowest BCUT2D eigenvalue weighted by Gasteiger charge is -2.21. The lowest BCUT2D eigenvalue weighted by atomic mass is 9.85. The Balaban J connectivity index is 2.42. The van der Waals surface area contributed by atoms with Crippen LogP contribution in [0, 0.1) is 5.92 Å². The van der Waals surface area contributed by atoms with Gasteiger partial charge in [0.05, 0.1) is 11.9 Å². The smallest absolute Gasteiger partial charge is 0.0535 e. The van der Waals surface area contributed by atoms with Gasteiger partial charge in [-0.25, -0.2) is 0 Å². The van der Waals surface area contributed by atoms with Crippen LogP contribution in [-0.4, -0.2) is 4.98 Å². The van der Waals surface area contributed by atoms with Crippen LogP contribution in [0.4, 0.5) is 5.69 Å². The van der Waals surface area contributed by atoms with E-state index in [1.165, 1.54) is 17.5 Å². The van der Waals surface area contributed by atoms with E-state index in [-0.39, 0.29) is 0 Å². The van der Waals surface area contributed by atoms with Gasteiger partial charge in [-0.15, -0.1) is 0 Å². The summed E-state index contributed by atoms with van der Waals surface area (Å²) in [7, 11) is 0. The molecule has 0 spiro atoms. The minimum atomic E-state index is 0.793. The van der Waals surface area contributed by atoms with E-state index in [2.05, 4.69) is 11.9 Å². The van der Waals surface area contributed by atoms with E-state index < -0.39 is 0 Å². The second-order valence-electron chi connectivity index (χ2n) is 3.71. The molecule has 64 valence electrons. The van der Waals surface area contributed by atoms with Gasteiger partial charge in [0, 0.05) is 6.20 Å². The Labute approximate surface area is 72.8 Å². The highest BCUT2D eigenvalue weighted by Gasteiger charge is 2.16. The predicted octanol–water partition coefficient (Wildman–Crippen LogP) is 1.79. The van der Waals surface area contributed by atoms with Crippen molar-refractivity contribution in [3.63, 3.8) is 0 Å². The number of rotatable bonds is 0. The van der Waals surface area contributed by atoms with E-state index >= 15 is 0 Å². The van der Waals surface area contributed by atoms with Gasteiger partial charge in [-0.05, 0) is 36.3 Å². The summed E-state index contributed by atoms with van der Waals surface area (Å²) in [6, 6.07) is 0. The summed E-state index contributed by atoms with van der Waals surface area (Å²) in [5.74, 6) is 0.793. The maximum Gasteiger partial charge on any atom is 0.0535 e. The molecule has 0 saturated heterocycles. The number of nitrogen functional groups attached to an aromatic ring is 1. The van der Waals surface area contributed by atoms with E-state index in [9.17, 15) is 0 Å². The number of hydrogen-bond acceptors (Lipinski definition) is 2. The van der Waals surface area contributed by atoms with Crippen LogP contribution in [0.5, 0.6) is 0 Å². The molecule has 0 fully saturated rings. The lowest BCUT2D eigenvalue weighted by Crippen LogP contribution is -2.13. The van der Waals surface area contributed by atoms with Crippen molar-refractivity contribution in [3.05, 3.63) is 23.5 Å². The molecule has 12 heavy (non-hydrogen) atoms. The highest BCUT2D eigenvalue weighted by molar-refractivity contribution is 5.49. The number of aromatic nitrogens is 1. The van der Waals surface area contributed by atoms with E-state index in [4.69, 9.17) is 5.73 Å². The highest BCUT2D eigenvalue weighted by Crippen LogP contribution is 2.27. The van der Waals surface area contributed by atoms with Crippen LogP contribution >= 0.6 is 0 Å². The molecule has 0 bridgehead atoms. The highest BCUT2D eigenvalue weighted by atomic mass is 14.7. The van der Waals surface area contributed by atoms with Crippen molar-refractivity contribution < 1.29 is 0 Å². The van der Waals surface area contributed by atoms with Crippen LogP contribution in [-0.2, 0) is 12.8 Å². The lowest BCUT2D eigenvalue weighted by molar-refractivity contribution is 0.501. The average Bonchev–Trinajstić information content (AvgIpc) is 2.04. The summed E-state index contributed by atoms with van der Waals surface area (Å²) in [5, 5.41) is 0. The Bertz CT molecular complexity index is 294. The van der Waals surface area contributed by atoms with Gasteiger partial charge in [0.15, 0.2) is 0 Å². The van der Waals surface area contributed by atoms with E-state index in [1.54, 1.807) is 6.20 Å². The molecule has 1 heterocycles. The first-order valence-corrected chi connectivity index (χ1v) is 4.48. The molecule has 1 aromatic heterocycles. The maximum atomic E-state index is 5.82. The minimum absolute atomic E-state index is 0.793. The number of hydrogen-bond donors (Lipinski definition) is 1. The Kier molecular flexibility index (Phi) is 1.75. The molecule has 1 aromatic rings. The quantitative estimate of drug-likeness (QED) is 0.631. The van der Waals surface area contributed by atoms with Crippen molar-refractivity contribution >= 4 is 5.69 Å². The van der Waals surface area contributed by atoms with Crippen LogP contribution in [0.15, 0.2) is 12.4 Å². The van der Waals surface area contributed by atoms with Gasteiger partial charge < -0.3 is 5.73 Å². The number of pyridine rings is 1. The zero-order valence-electron chi connectivity index (χ0n) is 7.38. The first kappa shape index (κ1) is 7.59. The fraction of sp³-hybridized carbons (Fsp3) is 0.500. The standard InChI is InChI=1S/C10H14N2/c1-7-2-3-9-8(4-7)5-12-6-10(9)11/h5-7H,2-4,11H2,1H3. The van der Waals surface area contributed by atoms with Crippen molar-refractivity contribution in [3.8, 4) is 0 Å². The van der Waals surface area contributed by atoms with Crippen LogP contribution < -0.4 is 5.73 Å². The topological polar surface area (TPSA) is 38.9 Å². The van der Waals surface area contributed by atoms with Gasteiger partial charge in [-0.2, -0.15) is 0 Å². The molecular formula is C10H14N2. The second kappa shape index (κ2) is 2.77. The van der Waals surface area contributed by atoms with Crippen molar-refractivity contribution in [2.45, 2.75) is 26.2 Å². The summed E-state index contributed by atoms with van der Waals surface area (Å²) in [6.07, 6.45) is 7.26. The van der Waals surface area contributed by atoms with E-state index in [1.807, 2.05) is 6.20 Å². The van der Waals surface area contributed by atoms with Crippen molar-refractivity contribution in [2.75, 3.05) is 5.73 Å². The third-order valence-electron chi connectivity index (χ3n) is 2.64. The molecule has 2 N–H and O–H groups in total. The Morgan fingerprint density at radius 2 is 2.33 bits per heavy atom. The first-order chi connectivity index (χ1) is 5.77. The monoisotopic (exact) mass is 162 g/mol. The number of nitrogens with zero attached hydrogens (tertiary/aromatic N) is 1. The molecule has 1 aliphatic carbocycles. The first-order valence-electron chi connectivity index (χ1n) is 4.48. The SMILES string of the molecule is CC1CCc2c(N)cncc2C1. The molecule has 2 nitrogen and oxygen atoms in total. The molecule has 1 atom stereocenters.